The number of para-hydroxylation sites is 2. The van der Waals surface area contributed by atoms with Crippen molar-refractivity contribution in [2.24, 2.45) is 4.99 Å². The number of aliphatic imine (C=N–C) groups is 1. The Morgan fingerprint density at radius 3 is 1.37 bits per heavy atom. The van der Waals surface area contributed by atoms with E-state index in [-0.39, 0.29) is 6.04 Å². The van der Waals surface area contributed by atoms with Gasteiger partial charge in [0.2, 0.25) is 0 Å². The predicted octanol–water partition coefficient (Wildman–Crippen LogP) is 8.77. The maximum atomic E-state index is 5.20. The minimum Gasteiger partial charge on any atom is -0.377 e. The second-order valence-electron chi connectivity index (χ2n) is 9.83. The van der Waals surface area contributed by atoms with Gasteiger partial charge in [0.05, 0.1) is 11.7 Å². The second kappa shape index (κ2) is 10.3. The third-order valence-corrected chi connectivity index (χ3v) is 5.99. The van der Waals surface area contributed by atoms with E-state index in [2.05, 4.69) is 111 Å². The molecule has 0 radical (unpaired) electrons. The molecule has 0 spiro atoms. The minimum atomic E-state index is 0.155. The summed E-state index contributed by atoms with van der Waals surface area (Å²) in [6, 6.07) is 13.5. The average molecular weight is 407 g/mol. The molecule has 164 valence electrons. The van der Waals surface area contributed by atoms with E-state index >= 15 is 0 Å². The van der Waals surface area contributed by atoms with Gasteiger partial charge >= 0.3 is 0 Å². The van der Waals surface area contributed by atoms with Crippen LogP contribution in [0.2, 0.25) is 0 Å². The summed E-state index contributed by atoms with van der Waals surface area (Å²) in [7, 11) is 0. The fourth-order valence-electron chi connectivity index (χ4n) is 3.95. The summed E-state index contributed by atoms with van der Waals surface area (Å²) in [4.78, 5) is 5.20. The van der Waals surface area contributed by atoms with Gasteiger partial charge in [-0.3, -0.25) is 4.99 Å². The highest BCUT2D eigenvalue weighted by Gasteiger charge is 2.18. The summed E-state index contributed by atoms with van der Waals surface area (Å²) >= 11 is 0. The second-order valence-corrected chi connectivity index (χ2v) is 9.83. The van der Waals surface area contributed by atoms with Crippen molar-refractivity contribution in [2.75, 3.05) is 5.32 Å². The molecular weight excluding hydrogens is 364 g/mol. The van der Waals surface area contributed by atoms with E-state index in [0.29, 0.717) is 23.7 Å². The summed E-state index contributed by atoms with van der Waals surface area (Å²) < 4.78 is 0. The van der Waals surface area contributed by atoms with Crippen LogP contribution < -0.4 is 5.32 Å². The average Bonchev–Trinajstić information content (AvgIpc) is 2.67. The lowest BCUT2D eigenvalue weighted by Crippen LogP contribution is -2.25. The van der Waals surface area contributed by atoms with E-state index < -0.39 is 0 Å². The lowest BCUT2D eigenvalue weighted by Gasteiger charge is -2.25. The van der Waals surface area contributed by atoms with Gasteiger partial charge in [-0.2, -0.15) is 0 Å². The maximum Gasteiger partial charge on any atom is 0.0698 e. The van der Waals surface area contributed by atoms with Crippen LogP contribution in [0.5, 0.6) is 0 Å². The molecule has 2 rings (SSSR count). The molecular formula is C28H42N2. The van der Waals surface area contributed by atoms with Crippen molar-refractivity contribution in [1.82, 2.24) is 0 Å². The topological polar surface area (TPSA) is 24.4 Å². The fraction of sp³-hybridized carbons (Fsp3) is 0.536. The van der Waals surface area contributed by atoms with Crippen molar-refractivity contribution < 1.29 is 0 Å². The Kier molecular flexibility index (Phi) is 8.29. The Bertz CT molecular complexity index is 820. The zero-order valence-corrected chi connectivity index (χ0v) is 20.8. The van der Waals surface area contributed by atoms with E-state index in [0.717, 1.165) is 11.4 Å². The summed E-state index contributed by atoms with van der Waals surface area (Å²) in [6.07, 6.45) is 0. The Hall–Kier alpha value is -2.09. The van der Waals surface area contributed by atoms with Gasteiger partial charge in [-0.05, 0) is 59.8 Å². The van der Waals surface area contributed by atoms with Crippen LogP contribution in [0.1, 0.15) is 115 Å². The number of nitrogens with zero attached hydrogens (tertiary/aromatic N) is 1. The first kappa shape index (κ1) is 24.2. The molecule has 2 aromatic carbocycles. The Balaban J connectivity index is 2.48. The van der Waals surface area contributed by atoms with Gasteiger partial charge in [0.1, 0.15) is 0 Å². The van der Waals surface area contributed by atoms with Crippen molar-refractivity contribution in [1.29, 1.82) is 0 Å². The monoisotopic (exact) mass is 406 g/mol. The zero-order chi connectivity index (χ0) is 22.6. The largest absolute Gasteiger partial charge is 0.377 e. The normalized spacial score (nSPS) is 13.6. The van der Waals surface area contributed by atoms with Crippen LogP contribution in [0.4, 0.5) is 11.4 Å². The van der Waals surface area contributed by atoms with Crippen LogP contribution in [0.3, 0.4) is 0 Å². The first-order valence-electron chi connectivity index (χ1n) is 11.6. The van der Waals surface area contributed by atoms with Crippen LogP contribution in [0.15, 0.2) is 41.4 Å². The van der Waals surface area contributed by atoms with Gasteiger partial charge in [-0.1, -0.05) is 91.8 Å². The molecule has 0 aliphatic carbocycles. The smallest absolute Gasteiger partial charge is 0.0698 e. The van der Waals surface area contributed by atoms with Gasteiger partial charge < -0.3 is 5.32 Å². The maximum absolute atomic E-state index is 5.20. The van der Waals surface area contributed by atoms with Crippen molar-refractivity contribution >= 4 is 17.1 Å². The van der Waals surface area contributed by atoms with Crippen molar-refractivity contribution in [3.63, 3.8) is 0 Å². The SMILES string of the molecule is CC(=Nc1c(C(C)C)cccc1C(C)C)C(C)Nc1c(C(C)C)cccc1C(C)C. The molecule has 0 amide bonds. The third kappa shape index (κ3) is 5.53. The van der Waals surface area contributed by atoms with Crippen LogP contribution in [-0.4, -0.2) is 11.8 Å². The first-order valence-corrected chi connectivity index (χ1v) is 11.6. The highest BCUT2D eigenvalue weighted by Crippen LogP contribution is 2.36. The van der Waals surface area contributed by atoms with E-state index in [1.54, 1.807) is 0 Å². The molecule has 0 bridgehead atoms. The summed E-state index contributed by atoms with van der Waals surface area (Å²) in [5.41, 5.74) is 8.99. The molecule has 0 aliphatic rings. The third-order valence-electron chi connectivity index (χ3n) is 5.99. The van der Waals surface area contributed by atoms with Crippen LogP contribution in [0.25, 0.3) is 0 Å². The number of benzene rings is 2. The molecule has 0 aromatic heterocycles. The van der Waals surface area contributed by atoms with E-state index in [1.165, 1.54) is 27.9 Å². The number of nitrogens with one attached hydrogen (secondary N) is 1. The lowest BCUT2D eigenvalue weighted by atomic mass is 9.92. The standard InChI is InChI=1S/C28H42N2/c1-17(2)23-13-11-14-24(18(3)4)27(23)29-21(9)22(10)30-28-25(19(5)6)15-12-16-26(28)20(7)8/h11-21,29H,1-10H3. The molecule has 0 saturated carbocycles. The molecule has 0 fully saturated rings. The van der Waals surface area contributed by atoms with Gasteiger partial charge in [-0.15, -0.1) is 0 Å². The fourth-order valence-corrected chi connectivity index (χ4v) is 3.95. The quantitative estimate of drug-likeness (QED) is 0.435. The number of rotatable bonds is 8. The molecule has 0 aliphatic heterocycles. The Morgan fingerprint density at radius 2 is 1.00 bits per heavy atom. The first-order chi connectivity index (χ1) is 14.0. The van der Waals surface area contributed by atoms with Crippen LogP contribution in [-0.2, 0) is 0 Å². The summed E-state index contributed by atoms with van der Waals surface area (Å²) in [5.74, 6) is 1.86. The molecule has 1 atom stereocenters. The predicted molar refractivity (Wildman–Crippen MR) is 135 cm³/mol. The Labute approximate surface area is 185 Å². The number of hydrogen-bond donors (Lipinski definition) is 1. The zero-order valence-electron chi connectivity index (χ0n) is 20.8. The molecule has 30 heavy (non-hydrogen) atoms. The molecule has 0 saturated heterocycles. The molecule has 1 N–H and O–H groups in total. The molecule has 2 nitrogen and oxygen atoms in total. The summed E-state index contributed by atoms with van der Waals surface area (Å²) in [6.45, 7) is 22.5. The van der Waals surface area contributed by atoms with Crippen LogP contribution in [0, 0.1) is 0 Å². The number of hydrogen-bond acceptors (Lipinski definition) is 2. The molecule has 1 unspecified atom stereocenters. The van der Waals surface area contributed by atoms with E-state index in [4.69, 9.17) is 4.99 Å². The highest BCUT2D eigenvalue weighted by atomic mass is 15.0. The van der Waals surface area contributed by atoms with E-state index in [9.17, 15) is 0 Å². The van der Waals surface area contributed by atoms with Crippen LogP contribution >= 0.6 is 0 Å². The van der Waals surface area contributed by atoms with Gasteiger partial charge in [0.15, 0.2) is 0 Å². The molecule has 2 heteroatoms. The van der Waals surface area contributed by atoms with Crippen molar-refractivity contribution in [3.05, 3.63) is 58.7 Å². The van der Waals surface area contributed by atoms with Gasteiger partial charge in [-0.25, -0.2) is 0 Å². The summed E-state index contributed by atoms with van der Waals surface area (Å²) in [5, 5.41) is 3.83. The molecule has 0 heterocycles. The van der Waals surface area contributed by atoms with Gasteiger partial charge in [0.25, 0.3) is 0 Å². The lowest BCUT2D eigenvalue weighted by molar-refractivity contribution is 0.827. The van der Waals surface area contributed by atoms with E-state index in [1.807, 2.05) is 0 Å². The van der Waals surface area contributed by atoms with Crippen molar-refractivity contribution in [2.45, 2.75) is 99.0 Å². The highest BCUT2D eigenvalue weighted by molar-refractivity contribution is 5.92. The minimum absolute atomic E-state index is 0.155. The van der Waals surface area contributed by atoms with Crippen molar-refractivity contribution in [3.8, 4) is 0 Å². The van der Waals surface area contributed by atoms with Gasteiger partial charge in [0, 0.05) is 11.4 Å². The molecule has 2 aromatic rings. The number of anilines is 1. The Morgan fingerprint density at radius 1 is 0.633 bits per heavy atom.